The van der Waals surface area contributed by atoms with Gasteiger partial charge in [-0.3, -0.25) is 4.79 Å². The first-order valence-electron chi connectivity index (χ1n) is 6.19. The maximum atomic E-state index is 11.6. The van der Waals surface area contributed by atoms with E-state index in [1.807, 2.05) is 13.8 Å². The lowest BCUT2D eigenvalue weighted by Crippen LogP contribution is -2.37. The third-order valence-electron chi connectivity index (χ3n) is 2.74. The summed E-state index contributed by atoms with van der Waals surface area (Å²) < 4.78 is 5.33. The number of hydrogen-bond donors (Lipinski definition) is 2. The molecular formula is C14H20ClNO3. The Labute approximate surface area is 118 Å². The summed E-state index contributed by atoms with van der Waals surface area (Å²) in [6.07, 6.45) is 0.644. The van der Waals surface area contributed by atoms with Gasteiger partial charge >= 0.3 is 0 Å². The van der Waals surface area contributed by atoms with Crippen LogP contribution in [0.2, 0.25) is 5.02 Å². The molecule has 0 saturated heterocycles. The maximum Gasteiger partial charge on any atom is 0.257 e. The Morgan fingerprint density at radius 3 is 2.58 bits per heavy atom. The van der Waals surface area contributed by atoms with Crippen molar-refractivity contribution in [1.82, 2.24) is 5.32 Å². The van der Waals surface area contributed by atoms with Gasteiger partial charge in [-0.05, 0) is 36.1 Å². The molecule has 0 aliphatic rings. The summed E-state index contributed by atoms with van der Waals surface area (Å²) in [4.78, 5) is 11.6. The van der Waals surface area contributed by atoms with E-state index in [0.29, 0.717) is 23.7 Å². The van der Waals surface area contributed by atoms with Gasteiger partial charge in [-0.25, -0.2) is 0 Å². The Morgan fingerprint density at radius 1 is 1.37 bits per heavy atom. The number of aliphatic hydroxyl groups is 1. The van der Waals surface area contributed by atoms with Crippen molar-refractivity contribution in [3.05, 3.63) is 29.3 Å². The molecule has 0 aliphatic carbocycles. The molecule has 2 N–H and O–H groups in total. The Bertz CT molecular complexity index is 404. The number of carbonyl (C=O) groups is 1. The van der Waals surface area contributed by atoms with Crippen molar-refractivity contribution in [3.63, 3.8) is 0 Å². The van der Waals surface area contributed by atoms with E-state index in [1.54, 1.807) is 24.3 Å². The molecule has 1 amide bonds. The second-order valence-corrected chi connectivity index (χ2v) is 5.59. The van der Waals surface area contributed by atoms with Crippen molar-refractivity contribution >= 4 is 17.5 Å². The normalized spacial score (nSPS) is 11.2. The molecule has 1 rings (SSSR count). The highest BCUT2D eigenvalue weighted by Gasteiger charge is 2.18. The van der Waals surface area contributed by atoms with Gasteiger partial charge in [0.2, 0.25) is 0 Å². The second-order valence-electron chi connectivity index (χ2n) is 5.16. The van der Waals surface area contributed by atoms with Gasteiger partial charge in [0.25, 0.3) is 5.91 Å². The molecule has 0 fully saturated rings. The van der Waals surface area contributed by atoms with E-state index < -0.39 is 0 Å². The molecule has 0 aliphatic heterocycles. The molecular weight excluding hydrogens is 266 g/mol. The van der Waals surface area contributed by atoms with Crippen molar-refractivity contribution in [2.45, 2.75) is 20.3 Å². The molecule has 1 aromatic rings. The molecule has 0 heterocycles. The van der Waals surface area contributed by atoms with Crippen LogP contribution in [0, 0.1) is 5.41 Å². The number of hydrogen-bond acceptors (Lipinski definition) is 3. The first-order chi connectivity index (χ1) is 8.93. The number of carbonyl (C=O) groups excluding carboxylic acids is 1. The number of rotatable bonds is 7. The summed E-state index contributed by atoms with van der Waals surface area (Å²) in [5.41, 5.74) is -0.120. The number of ether oxygens (including phenoxy) is 1. The van der Waals surface area contributed by atoms with Crippen LogP contribution in [-0.4, -0.2) is 30.8 Å². The smallest absolute Gasteiger partial charge is 0.257 e. The maximum absolute atomic E-state index is 11.6. The van der Waals surface area contributed by atoms with Crippen molar-refractivity contribution in [2.24, 2.45) is 5.41 Å². The minimum Gasteiger partial charge on any atom is -0.484 e. The highest BCUT2D eigenvalue weighted by molar-refractivity contribution is 6.30. The predicted molar refractivity (Wildman–Crippen MR) is 75.4 cm³/mol. The van der Waals surface area contributed by atoms with E-state index in [2.05, 4.69) is 5.32 Å². The number of benzene rings is 1. The van der Waals surface area contributed by atoms with Crippen LogP contribution in [0.4, 0.5) is 0 Å². The summed E-state index contributed by atoms with van der Waals surface area (Å²) in [5.74, 6) is 0.426. The van der Waals surface area contributed by atoms with Crippen LogP contribution in [0.3, 0.4) is 0 Å². The average Bonchev–Trinajstić information content (AvgIpc) is 2.36. The van der Waals surface area contributed by atoms with Crippen LogP contribution in [0.15, 0.2) is 24.3 Å². The summed E-state index contributed by atoms with van der Waals surface area (Å²) in [6.45, 7) is 4.57. The summed E-state index contributed by atoms with van der Waals surface area (Å²) in [7, 11) is 0. The third-order valence-corrected chi connectivity index (χ3v) is 2.99. The molecule has 0 spiro atoms. The Balaban J connectivity index is 2.30. The molecule has 4 nitrogen and oxygen atoms in total. The molecule has 0 saturated carbocycles. The van der Waals surface area contributed by atoms with Gasteiger partial charge in [-0.15, -0.1) is 0 Å². The summed E-state index contributed by atoms with van der Waals surface area (Å²) in [6, 6.07) is 6.84. The van der Waals surface area contributed by atoms with Crippen LogP contribution in [0.25, 0.3) is 0 Å². The molecule has 106 valence electrons. The first kappa shape index (κ1) is 15.8. The van der Waals surface area contributed by atoms with Crippen LogP contribution in [0.5, 0.6) is 5.75 Å². The van der Waals surface area contributed by atoms with E-state index >= 15 is 0 Å². The van der Waals surface area contributed by atoms with Crippen molar-refractivity contribution in [2.75, 3.05) is 19.8 Å². The molecule has 0 radical (unpaired) electrons. The molecule has 0 bridgehead atoms. The van der Waals surface area contributed by atoms with Gasteiger partial charge in [0.15, 0.2) is 6.61 Å². The van der Waals surface area contributed by atoms with E-state index in [1.165, 1.54) is 0 Å². The summed E-state index contributed by atoms with van der Waals surface area (Å²) in [5, 5.41) is 12.3. The van der Waals surface area contributed by atoms with Crippen LogP contribution >= 0.6 is 11.6 Å². The predicted octanol–water partition coefficient (Wildman–Crippen LogP) is 2.24. The zero-order valence-electron chi connectivity index (χ0n) is 11.3. The van der Waals surface area contributed by atoms with Gasteiger partial charge < -0.3 is 15.2 Å². The standard InChI is InChI=1S/C14H20ClNO3/c1-14(2,7-8-17)10-16-13(18)9-19-12-5-3-11(15)4-6-12/h3-6,17H,7-10H2,1-2H3,(H,16,18). The van der Waals surface area contributed by atoms with Crippen LogP contribution < -0.4 is 10.1 Å². The van der Waals surface area contributed by atoms with Crippen LogP contribution in [-0.2, 0) is 4.79 Å². The minimum atomic E-state index is -0.180. The third kappa shape index (κ3) is 6.45. The quantitative estimate of drug-likeness (QED) is 0.808. The van der Waals surface area contributed by atoms with E-state index in [-0.39, 0.29) is 24.5 Å². The summed E-state index contributed by atoms with van der Waals surface area (Å²) >= 11 is 5.75. The van der Waals surface area contributed by atoms with Gasteiger partial charge in [0, 0.05) is 18.2 Å². The molecule has 0 atom stereocenters. The molecule has 19 heavy (non-hydrogen) atoms. The fraction of sp³-hybridized carbons (Fsp3) is 0.500. The van der Waals surface area contributed by atoms with E-state index in [4.69, 9.17) is 21.4 Å². The highest BCUT2D eigenvalue weighted by Crippen LogP contribution is 2.18. The number of aliphatic hydroxyl groups excluding tert-OH is 1. The Hall–Kier alpha value is -1.26. The lowest BCUT2D eigenvalue weighted by molar-refractivity contribution is -0.123. The van der Waals surface area contributed by atoms with Gasteiger partial charge in [-0.2, -0.15) is 0 Å². The van der Waals surface area contributed by atoms with Crippen molar-refractivity contribution in [1.29, 1.82) is 0 Å². The van der Waals surface area contributed by atoms with Crippen LogP contribution in [0.1, 0.15) is 20.3 Å². The number of nitrogens with one attached hydrogen (secondary N) is 1. The van der Waals surface area contributed by atoms with Gasteiger partial charge in [0.05, 0.1) is 0 Å². The van der Waals surface area contributed by atoms with Gasteiger partial charge in [0.1, 0.15) is 5.75 Å². The average molecular weight is 286 g/mol. The zero-order valence-corrected chi connectivity index (χ0v) is 12.0. The monoisotopic (exact) mass is 285 g/mol. The second kappa shape index (κ2) is 7.36. The van der Waals surface area contributed by atoms with Crippen molar-refractivity contribution < 1.29 is 14.6 Å². The SMILES string of the molecule is CC(C)(CCO)CNC(=O)COc1ccc(Cl)cc1. The zero-order chi connectivity index (χ0) is 14.3. The fourth-order valence-electron chi connectivity index (χ4n) is 1.46. The lowest BCUT2D eigenvalue weighted by Gasteiger charge is -2.23. The largest absolute Gasteiger partial charge is 0.484 e. The molecule has 5 heteroatoms. The molecule has 0 unspecified atom stereocenters. The first-order valence-corrected chi connectivity index (χ1v) is 6.57. The number of amides is 1. The highest BCUT2D eigenvalue weighted by atomic mass is 35.5. The molecule has 1 aromatic carbocycles. The minimum absolute atomic E-state index is 0.0309. The topological polar surface area (TPSA) is 58.6 Å². The van der Waals surface area contributed by atoms with E-state index in [0.717, 1.165) is 0 Å². The van der Waals surface area contributed by atoms with Crippen molar-refractivity contribution in [3.8, 4) is 5.75 Å². The Morgan fingerprint density at radius 2 is 2.00 bits per heavy atom. The number of halogens is 1. The Kier molecular flexibility index (Phi) is 6.12. The van der Waals surface area contributed by atoms with Gasteiger partial charge in [-0.1, -0.05) is 25.4 Å². The fourth-order valence-corrected chi connectivity index (χ4v) is 1.59. The molecule has 0 aromatic heterocycles. The lowest BCUT2D eigenvalue weighted by atomic mass is 9.90. The van der Waals surface area contributed by atoms with E-state index in [9.17, 15) is 4.79 Å².